The first kappa shape index (κ1) is 21.7. The average Bonchev–Trinajstić information content (AvgIpc) is 2.63. The third-order valence-electron chi connectivity index (χ3n) is 4.07. The van der Waals surface area contributed by atoms with Crippen LogP contribution in [-0.2, 0) is 19.6 Å². The van der Waals surface area contributed by atoms with Crippen molar-refractivity contribution >= 4 is 44.9 Å². The second-order valence-corrected chi connectivity index (χ2v) is 8.49. The average molecular weight is 425 g/mol. The molecule has 0 aliphatic heterocycles. The Labute approximate surface area is 169 Å². The number of rotatable bonds is 6. The first-order valence-electron chi connectivity index (χ1n) is 8.29. The summed E-state index contributed by atoms with van der Waals surface area (Å²) in [5.41, 5.74) is 1.84. The Morgan fingerprint density at radius 3 is 2.25 bits per heavy atom. The number of carbonyl (C=O) groups excluding carboxylic acids is 2. The molecule has 0 heterocycles. The molecule has 0 saturated carbocycles. The van der Waals surface area contributed by atoms with Crippen molar-refractivity contribution in [2.75, 3.05) is 23.0 Å². The van der Waals surface area contributed by atoms with E-state index in [0.717, 1.165) is 16.1 Å². The number of anilines is 2. The minimum Gasteiger partial charge on any atom is -0.465 e. The molecule has 0 aromatic heterocycles. The van der Waals surface area contributed by atoms with E-state index in [0.29, 0.717) is 22.0 Å². The molecule has 28 heavy (non-hydrogen) atoms. The van der Waals surface area contributed by atoms with Crippen LogP contribution >= 0.6 is 11.6 Å². The van der Waals surface area contributed by atoms with Crippen LogP contribution in [0.1, 0.15) is 22.8 Å². The molecule has 2 rings (SSSR count). The number of methoxy groups -OCH3 is 1. The maximum absolute atomic E-state index is 12.7. The lowest BCUT2D eigenvalue weighted by atomic mass is 10.2. The summed E-state index contributed by atoms with van der Waals surface area (Å²) in [4.78, 5) is 24.1. The Morgan fingerprint density at radius 1 is 1.14 bits per heavy atom. The van der Waals surface area contributed by atoms with Crippen LogP contribution in [0.25, 0.3) is 0 Å². The second kappa shape index (κ2) is 8.62. The molecular formula is C19H21ClN2O5S. The van der Waals surface area contributed by atoms with Gasteiger partial charge in [-0.25, -0.2) is 13.2 Å². The molecular weight excluding hydrogens is 404 g/mol. The van der Waals surface area contributed by atoms with Gasteiger partial charge in [0.15, 0.2) is 0 Å². The predicted octanol–water partition coefficient (Wildman–Crippen LogP) is 3.23. The third-order valence-corrected chi connectivity index (χ3v) is 5.72. The van der Waals surface area contributed by atoms with Crippen LogP contribution in [0.2, 0.25) is 5.02 Å². The highest BCUT2D eigenvalue weighted by Gasteiger charge is 2.29. The van der Waals surface area contributed by atoms with Gasteiger partial charge in [-0.15, -0.1) is 0 Å². The summed E-state index contributed by atoms with van der Waals surface area (Å²) in [5, 5.41) is 3.04. The molecule has 0 aliphatic rings. The molecule has 1 N–H and O–H groups in total. The normalized spacial score (nSPS) is 12.2. The van der Waals surface area contributed by atoms with Crippen LogP contribution in [0, 0.1) is 6.92 Å². The van der Waals surface area contributed by atoms with Crippen LogP contribution in [0.3, 0.4) is 0 Å². The zero-order valence-electron chi connectivity index (χ0n) is 15.9. The standard InChI is InChI=1S/C19H21ClN2O5S/c1-12-5-10-16(11-17(12)20)22(28(4,25)26)13(2)18(23)21-15-8-6-14(7-9-15)19(24)27-3/h5-11,13H,1-4H3,(H,21,23). The number of amides is 1. The zero-order chi connectivity index (χ0) is 21.1. The van der Waals surface area contributed by atoms with Crippen LogP contribution in [0.5, 0.6) is 0 Å². The Kier molecular flexibility index (Phi) is 6.69. The summed E-state index contributed by atoms with van der Waals surface area (Å²) < 4.78 is 30.3. The number of sulfonamides is 1. The monoisotopic (exact) mass is 424 g/mol. The number of ether oxygens (including phenoxy) is 1. The van der Waals surface area contributed by atoms with Gasteiger partial charge >= 0.3 is 5.97 Å². The van der Waals surface area contributed by atoms with E-state index in [1.54, 1.807) is 19.1 Å². The van der Waals surface area contributed by atoms with Crippen molar-refractivity contribution in [2.45, 2.75) is 19.9 Å². The van der Waals surface area contributed by atoms with Gasteiger partial charge in [-0.1, -0.05) is 17.7 Å². The van der Waals surface area contributed by atoms with Crippen LogP contribution in [-0.4, -0.2) is 39.7 Å². The Bertz CT molecular complexity index is 990. The van der Waals surface area contributed by atoms with Gasteiger partial charge in [-0.05, 0) is 55.8 Å². The van der Waals surface area contributed by atoms with Crippen LogP contribution in [0.4, 0.5) is 11.4 Å². The number of aryl methyl sites for hydroxylation is 1. The quantitative estimate of drug-likeness (QED) is 0.718. The van der Waals surface area contributed by atoms with Crippen molar-refractivity contribution in [2.24, 2.45) is 0 Å². The molecule has 0 aliphatic carbocycles. The highest BCUT2D eigenvalue weighted by Crippen LogP contribution is 2.27. The van der Waals surface area contributed by atoms with E-state index in [9.17, 15) is 18.0 Å². The summed E-state index contributed by atoms with van der Waals surface area (Å²) in [6.45, 7) is 3.28. The fourth-order valence-corrected chi connectivity index (χ4v) is 3.92. The van der Waals surface area contributed by atoms with Gasteiger partial charge in [0.1, 0.15) is 6.04 Å². The van der Waals surface area contributed by atoms with Gasteiger partial charge in [0.2, 0.25) is 15.9 Å². The molecule has 1 amide bonds. The SMILES string of the molecule is COC(=O)c1ccc(NC(=O)C(C)N(c2ccc(C)c(Cl)c2)S(C)(=O)=O)cc1. The lowest BCUT2D eigenvalue weighted by Gasteiger charge is -2.28. The molecule has 0 spiro atoms. The summed E-state index contributed by atoms with van der Waals surface area (Å²) >= 11 is 6.11. The van der Waals surface area contributed by atoms with E-state index in [1.165, 1.54) is 44.4 Å². The van der Waals surface area contributed by atoms with Gasteiger partial charge in [0.05, 0.1) is 24.6 Å². The number of benzene rings is 2. The van der Waals surface area contributed by atoms with E-state index in [-0.39, 0.29) is 0 Å². The first-order chi connectivity index (χ1) is 13.0. The molecule has 2 aromatic carbocycles. The number of nitrogens with zero attached hydrogens (tertiary/aromatic N) is 1. The van der Waals surface area contributed by atoms with Crippen molar-refractivity contribution in [3.8, 4) is 0 Å². The minimum atomic E-state index is -3.75. The maximum Gasteiger partial charge on any atom is 0.337 e. The molecule has 0 fully saturated rings. The number of hydrogen-bond donors (Lipinski definition) is 1. The van der Waals surface area contributed by atoms with E-state index < -0.39 is 27.9 Å². The highest BCUT2D eigenvalue weighted by atomic mass is 35.5. The summed E-state index contributed by atoms with van der Waals surface area (Å²) in [6.07, 6.45) is 1.02. The number of halogens is 1. The van der Waals surface area contributed by atoms with Gasteiger partial charge in [0, 0.05) is 10.7 Å². The van der Waals surface area contributed by atoms with Crippen molar-refractivity contribution in [1.29, 1.82) is 0 Å². The van der Waals surface area contributed by atoms with Crippen molar-refractivity contribution < 1.29 is 22.7 Å². The third kappa shape index (κ3) is 5.02. The van der Waals surface area contributed by atoms with Gasteiger partial charge in [0.25, 0.3) is 0 Å². The number of hydrogen-bond acceptors (Lipinski definition) is 5. The first-order valence-corrected chi connectivity index (χ1v) is 10.5. The maximum atomic E-state index is 12.7. The predicted molar refractivity (Wildman–Crippen MR) is 109 cm³/mol. The topological polar surface area (TPSA) is 92.8 Å². The van der Waals surface area contributed by atoms with Crippen molar-refractivity contribution in [1.82, 2.24) is 0 Å². The summed E-state index contributed by atoms with van der Waals surface area (Å²) in [7, 11) is -2.48. The summed E-state index contributed by atoms with van der Waals surface area (Å²) in [6, 6.07) is 9.82. The van der Waals surface area contributed by atoms with Gasteiger partial charge in [-0.3, -0.25) is 9.10 Å². The molecule has 0 bridgehead atoms. The van der Waals surface area contributed by atoms with E-state index in [1.807, 2.05) is 0 Å². The van der Waals surface area contributed by atoms with Gasteiger partial charge in [-0.2, -0.15) is 0 Å². The Morgan fingerprint density at radius 2 is 1.75 bits per heavy atom. The van der Waals surface area contributed by atoms with Crippen molar-refractivity contribution in [3.63, 3.8) is 0 Å². The minimum absolute atomic E-state index is 0.293. The second-order valence-electron chi connectivity index (χ2n) is 6.23. The summed E-state index contributed by atoms with van der Waals surface area (Å²) in [5.74, 6) is -1.03. The smallest absolute Gasteiger partial charge is 0.337 e. The molecule has 1 unspecified atom stereocenters. The van der Waals surface area contributed by atoms with E-state index in [4.69, 9.17) is 11.6 Å². The zero-order valence-corrected chi connectivity index (χ0v) is 17.5. The van der Waals surface area contributed by atoms with E-state index in [2.05, 4.69) is 10.1 Å². The van der Waals surface area contributed by atoms with Crippen molar-refractivity contribution in [3.05, 3.63) is 58.6 Å². The fraction of sp³-hybridized carbons (Fsp3) is 0.263. The van der Waals surface area contributed by atoms with Gasteiger partial charge < -0.3 is 10.1 Å². The largest absolute Gasteiger partial charge is 0.465 e. The number of nitrogens with one attached hydrogen (secondary N) is 1. The molecule has 0 saturated heterocycles. The molecule has 1 atom stereocenters. The lowest BCUT2D eigenvalue weighted by molar-refractivity contribution is -0.116. The highest BCUT2D eigenvalue weighted by molar-refractivity contribution is 7.92. The van der Waals surface area contributed by atoms with Crippen LogP contribution < -0.4 is 9.62 Å². The molecule has 2 aromatic rings. The number of carbonyl (C=O) groups is 2. The van der Waals surface area contributed by atoms with E-state index >= 15 is 0 Å². The molecule has 0 radical (unpaired) electrons. The van der Waals surface area contributed by atoms with Crippen LogP contribution in [0.15, 0.2) is 42.5 Å². The molecule has 9 heteroatoms. The number of esters is 1. The molecule has 7 nitrogen and oxygen atoms in total. The molecule has 150 valence electrons. The Hall–Kier alpha value is -2.58. The lowest BCUT2D eigenvalue weighted by Crippen LogP contribution is -2.45. The Balaban J connectivity index is 2.26. The fourth-order valence-electron chi connectivity index (χ4n) is 2.58.